The quantitative estimate of drug-likeness (QED) is 0.138. The summed E-state index contributed by atoms with van der Waals surface area (Å²) >= 11 is 0. The molecule has 0 radical (unpaired) electrons. The van der Waals surface area contributed by atoms with E-state index in [1.165, 1.54) is 24.3 Å². The van der Waals surface area contributed by atoms with Crippen molar-refractivity contribution in [2.45, 2.75) is 71.7 Å². The lowest BCUT2D eigenvalue weighted by Gasteiger charge is -2.34. The number of carbonyl (C=O) groups excluding carboxylic acids is 3. The molecule has 2 N–H and O–H groups in total. The number of para-hydroxylation sites is 1. The fourth-order valence-electron chi connectivity index (χ4n) is 5.96. The Morgan fingerprint density at radius 3 is 2.29 bits per heavy atom. The Labute approximate surface area is 281 Å². The molecular weight excluding hydrogens is 642 g/mol. The van der Waals surface area contributed by atoms with E-state index in [0.29, 0.717) is 24.7 Å². The number of rotatable bonds is 9. The highest BCUT2D eigenvalue weighted by Crippen LogP contribution is 2.33. The van der Waals surface area contributed by atoms with Crippen LogP contribution in [0, 0.1) is 11.7 Å². The van der Waals surface area contributed by atoms with Gasteiger partial charge >= 0.3 is 12.1 Å². The Morgan fingerprint density at radius 2 is 1.61 bits per heavy atom. The highest BCUT2D eigenvalue weighted by Gasteiger charge is 2.31. The summed E-state index contributed by atoms with van der Waals surface area (Å²) in [6.07, 6.45) is -1.93. The zero-order valence-electron chi connectivity index (χ0n) is 27.8. The Balaban J connectivity index is 1.46. The van der Waals surface area contributed by atoms with E-state index in [1.54, 1.807) is 45.0 Å². The van der Waals surface area contributed by atoms with Crippen LogP contribution in [0.5, 0.6) is 0 Å². The second-order valence-corrected chi connectivity index (χ2v) is 13.2. The van der Waals surface area contributed by atoms with Crippen molar-refractivity contribution in [3.63, 3.8) is 0 Å². The van der Waals surface area contributed by atoms with Gasteiger partial charge in [0.15, 0.2) is 5.69 Å². The van der Waals surface area contributed by atoms with Crippen LogP contribution in [0.4, 0.5) is 34.6 Å². The Bertz CT molecular complexity index is 1860. The van der Waals surface area contributed by atoms with Crippen LogP contribution in [0.2, 0.25) is 0 Å². The molecule has 1 aliphatic heterocycles. The van der Waals surface area contributed by atoms with Gasteiger partial charge in [-0.3, -0.25) is 19.1 Å². The van der Waals surface area contributed by atoms with Gasteiger partial charge in [-0.2, -0.15) is 18.3 Å². The molecule has 0 atom stereocenters. The Morgan fingerprint density at radius 1 is 0.918 bits per heavy atom. The molecule has 5 rings (SSSR count). The number of hydrogen-bond donors (Lipinski definition) is 2. The monoisotopic (exact) mass is 681 g/mol. The first kappa shape index (κ1) is 35.4. The summed E-state index contributed by atoms with van der Waals surface area (Å²) in [5.74, 6) is -1.96. The fraction of sp³-hybridized carbons (Fsp3) is 0.389. The van der Waals surface area contributed by atoms with E-state index in [4.69, 9.17) is 4.74 Å². The molecule has 4 aromatic rings. The number of fused-ring (bicyclic) bond motifs is 1. The van der Waals surface area contributed by atoms with Gasteiger partial charge in [0, 0.05) is 29.7 Å². The van der Waals surface area contributed by atoms with Crippen LogP contribution in [-0.4, -0.2) is 52.4 Å². The molecule has 1 fully saturated rings. The second kappa shape index (κ2) is 14.3. The van der Waals surface area contributed by atoms with Crippen LogP contribution >= 0.6 is 0 Å². The van der Waals surface area contributed by atoms with Crippen LogP contribution < -0.4 is 15.5 Å². The van der Waals surface area contributed by atoms with Crippen LogP contribution in [-0.2, 0) is 22.5 Å². The lowest BCUT2D eigenvalue weighted by Crippen LogP contribution is -2.34. The zero-order chi connectivity index (χ0) is 35.5. The molecule has 1 aromatic heterocycles. The number of nitrogens with one attached hydrogen (secondary N) is 2. The molecule has 9 nitrogen and oxygen atoms in total. The van der Waals surface area contributed by atoms with E-state index in [-0.39, 0.29) is 45.5 Å². The number of hydrogen-bond acceptors (Lipinski definition) is 6. The molecule has 0 saturated carbocycles. The lowest BCUT2D eigenvalue weighted by molar-refractivity contribution is -0.154. The number of amides is 2. The van der Waals surface area contributed by atoms with Gasteiger partial charge in [-0.1, -0.05) is 31.5 Å². The molecule has 13 heteroatoms. The summed E-state index contributed by atoms with van der Waals surface area (Å²) in [5.41, 5.74) is 0.682. The maximum atomic E-state index is 14.2. The topological polar surface area (TPSA) is 106 Å². The summed E-state index contributed by atoms with van der Waals surface area (Å²) in [6, 6.07) is 14.6. The second-order valence-electron chi connectivity index (χ2n) is 13.2. The number of esters is 1. The number of ether oxygens (including phenoxy) is 1. The third-order valence-corrected chi connectivity index (χ3v) is 8.31. The molecule has 260 valence electrons. The van der Waals surface area contributed by atoms with E-state index < -0.39 is 41.9 Å². The highest BCUT2D eigenvalue weighted by molar-refractivity contribution is 6.13. The smallest absolute Gasteiger partial charge is 0.408 e. The first-order valence-electron chi connectivity index (χ1n) is 16.1. The number of alkyl halides is 3. The predicted octanol–water partition coefficient (Wildman–Crippen LogP) is 7.75. The van der Waals surface area contributed by atoms with Crippen molar-refractivity contribution in [2.24, 2.45) is 5.92 Å². The van der Waals surface area contributed by atoms with Gasteiger partial charge in [-0.25, -0.2) is 4.39 Å². The van der Waals surface area contributed by atoms with E-state index in [9.17, 15) is 31.9 Å². The number of anilines is 3. The maximum absolute atomic E-state index is 14.2. The fourth-order valence-corrected chi connectivity index (χ4v) is 5.96. The summed E-state index contributed by atoms with van der Waals surface area (Å²) < 4.78 is 60.3. The molecular formula is C36H39F4N5O4. The average molecular weight is 682 g/mol. The van der Waals surface area contributed by atoms with Gasteiger partial charge in [0.25, 0.3) is 11.8 Å². The summed E-state index contributed by atoms with van der Waals surface area (Å²) in [4.78, 5) is 41.9. The number of piperidine rings is 1. The average Bonchev–Trinajstić information content (AvgIpc) is 3.38. The lowest BCUT2D eigenvalue weighted by atomic mass is 9.94. The Kier molecular flexibility index (Phi) is 10.3. The maximum Gasteiger partial charge on any atom is 0.408 e. The molecule has 3 aromatic carbocycles. The van der Waals surface area contributed by atoms with Crippen molar-refractivity contribution >= 4 is 45.7 Å². The molecule has 1 saturated heterocycles. The first-order valence-corrected chi connectivity index (χ1v) is 16.1. The zero-order valence-corrected chi connectivity index (χ0v) is 27.8. The van der Waals surface area contributed by atoms with Crippen molar-refractivity contribution in [3.05, 3.63) is 83.3 Å². The van der Waals surface area contributed by atoms with Crippen LogP contribution in [0.25, 0.3) is 10.9 Å². The van der Waals surface area contributed by atoms with Crippen LogP contribution in [0.3, 0.4) is 0 Å². The number of halogens is 4. The third kappa shape index (κ3) is 8.95. The minimum atomic E-state index is -4.56. The minimum Gasteiger partial charge on any atom is -0.460 e. The largest absolute Gasteiger partial charge is 0.460 e. The first-order chi connectivity index (χ1) is 23.1. The van der Waals surface area contributed by atoms with Gasteiger partial charge in [0.2, 0.25) is 0 Å². The van der Waals surface area contributed by atoms with Gasteiger partial charge < -0.3 is 20.3 Å². The molecule has 0 unspecified atom stereocenters. The minimum absolute atomic E-state index is 0.141. The molecule has 0 bridgehead atoms. The van der Waals surface area contributed by atoms with Gasteiger partial charge in [0.05, 0.1) is 23.3 Å². The molecule has 49 heavy (non-hydrogen) atoms. The van der Waals surface area contributed by atoms with Crippen molar-refractivity contribution in [3.8, 4) is 0 Å². The van der Waals surface area contributed by atoms with E-state index >= 15 is 0 Å². The van der Waals surface area contributed by atoms with Gasteiger partial charge in [-0.05, 0) is 87.6 Å². The van der Waals surface area contributed by atoms with E-state index in [1.807, 2.05) is 0 Å². The van der Waals surface area contributed by atoms with Gasteiger partial charge in [0.1, 0.15) is 18.0 Å². The van der Waals surface area contributed by atoms with Crippen LogP contribution in [0.15, 0.2) is 60.7 Å². The summed E-state index contributed by atoms with van der Waals surface area (Å²) in [6.45, 7) is 7.32. The van der Waals surface area contributed by atoms with E-state index in [0.717, 1.165) is 36.1 Å². The highest BCUT2D eigenvalue weighted by atomic mass is 19.4. The standard InChI is InChI=1S/C36H39F4N5O4/c1-5-22-14-16-44(17-15-22)30-13-10-23(33(47)41-27-12-11-25(37)18-24(27)20-31(46)49-35(2,3)4)19-28(30)42-34(48)32-26-8-6-7-9-29(26)45(43-32)21-36(38,39)40/h6-13,18-19,22H,5,14-17,20-21H2,1-4H3,(H,41,47)(H,42,48). The number of carbonyl (C=O) groups is 3. The van der Waals surface area contributed by atoms with Crippen LogP contribution in [0.1, 0.15) is 73.4 Å². The van der Waals surface area contributed by atoms with Crippen molar-refractivity contribution in [1.29, 1.82) is 0 Å². The van der Waals surface area contributed by atoms with Crippen molar-refractivity contribution in [2.75, 3.05) is 28.6 Å². The number of nitrogens with zero attached hydrogens (tertiary/aromatic N) is 3. The molecule has 2 heterocycles. The molecule has 2 amide bonds. The van der Waals surface area contributed by atoms with Gasteiger partial charge in [-0.15, -0.1) is 0 Å². The Hall–Kier alpha value is -4.94. The number of benzene rings is 3. The van der Waals surface area contributed by atoms with Crippen molar-refractivity contribution in [1.82, 2.24) is 9.78 Å². The summed E-state index contributed by atoms with van der Waals surface area (Å²) in [7, 11) is 0. The van der Waals surface area contributed by atoms with E-state index in [2.05, 4.69) is 27.6 Å². The summed E-state index contributed by atoms with van der Waals surface area (Å²) in [5, 5.41) is 9.83. The molecule has 1 aliphatic rings. The van der Waals surface area contributed by atoms with Crippen molar-refractivity contribution < 1.29 is 36.7 Å². The SMILES string of the molecule is CCC1CCN(c2ccc(C(=O)Nc3ccc(F)cc3CC(=O)OC(C)(C)C)cc2NC(=O)c2nn(CC(F)(F)F)c3ccccc23)CC1. The normalized spacial score (nSPS) is 14.2. The predicted molar refractivity (Wildman–Crippen MR) is 179 cm³/mol. The number of aromatic nitrogens is 2. The third-order valence-electron chi connectivity index (χ3n) is 8.31. The molecule has 0 aliphatic carbocycles. The molecule has 0 spiro atoms.